The van der Waals surface area contributed by atoms with Gasteiger partial charge in [-0.2, -0.15) is 0 Å². The van der Waals surface area contributed by atoms with Crippen molar-refractivity contribution in [2.24, 2.45) is 5.41 Å². The van der Waals surface area contributed by atoms with Crippen LogP contribution >= 0.6 is 11.6 Å². The molecule has 0 amide bonds. The summed E-state index contributed by atoms with van der Waals surface area (Å²) in [4.78, 5) is 10.5. The van der Waals surface area contributed by atoms with Crippen LogP contribution in [-0.4, -0.2) is 56.9 Å². The average Bonchev–Trinajstić information content (AvgIpc) is 2.87. The first-order valence-electron chi connectivity index (χ1n) is 9.78. The molecule has 2 aromatic rings. The van der Waals surface area contributed by atoms with Crippen molar-refractivity contribution in [1.82, 2.24) is 14.9 Å². The van der Waals surface area contributed by atoms with Gasteiger partial charge in [0.25, 0.3) is 0 Å². The molecule has 8 heteroatoms. The number of β-amino-alcohol motifs (C(OH)–C–C–N with tert-alkyl or cyclic N) is 1. The van der Waals surface area contributed by atoms with Crippen molar-refractivity contribution >= 4 is 17.3 Å². The minimum absolute atomic E-state index is 0.173. The van der Waals surface area contributed by atoms with E-state index in [0.717, 1.165) is 12.1 Å². The van der Waals surface area contributed by atoms with Crippen LogP contribution in [0, 0.1) is 11.2 Å². The lowest BCUT2D eigenvalue weighted by Crippen LogP contribution is -2.26. The van der Waals surface area contributed by atoms with Crippen LogP contribution in [0.5, 0.6) is 0 Å². The number of anilines is 1. The van der Waals surface area contributed by atoms with Gasteiger partial charge in [-0.25, -0.2) is 9.37 Å². The van der Waals surface area contributed by atoms with E-state index in [0.29, 0.717) is 42.5 Å². The Morgan fingerprint density at radius 2 is 2.10 bits per heavy atom. The quantitative estimate of drug-likeness (QED) is 0.594. The van der Waals surface area contributed by atoms with Crippen LogP contribution in [0.4, 0.5) is 10.1 Å². The summed E-state index contributed by atoms with van der Waals surface area (Å²) in [6.07, 6.45) is 2.87. The Bertz CT molecular complexity index is 863. The number of aromatic nitrogens is 2. The zero-order chi connectivity index (χ0) is 21.2. The predicted molar refractivity (Wildman–Crippen MR) is 112 cm³/mol. The second-order valence-corrected chi connectivity index (χ2v) is 8.85. The Hall–Kier alpha value is -1.80. The summed E-state index contributed by atoms with van der Waals surface area (Å²) in [6, 6.07) is 3.11. The van der Waals surface area contributed by atoms with Crippen LogP contribution in [0.2, 0.25) is 5.15 Å². The molecule has 0 aromatic carbocycles. The van der Waals surface area contributed by atoms with Gasteiger partial charge in [-0.1, -0.05) is 25.4 Å². The molecule has 29 heavy (non-hydrogen) atoms. The summed E-state index contributed by atoms with van der Waals surface area (Å²) in [5.74, 6) is -0.441. The van der Waals surface area contributed by atoms with Gasteiger partial charge in [0.2, 0.25) is 0 Å². The van der Waals surface area contributed by atoms with E-state index < -0.39 is 18.0 Å². The SMILES string of the molecule is C[C@@H](O)CCNc1cc(Cl)ncc1-c1ncc(CN2CC(O)C(C)(C)C2)cc1F. The molecule has 2 atom stereocenters. The molecule has 0 radical (unpaired) electrons. The van der Waals surface area contributed by atoms with Gasteiger partial charge in [0.1, 0.15) is 16.7 Å². The molecule has 3 N–H and O–H groups in total. The molecule has 6 nitrogen and oxygen atoms in total. The van der Waals surface area contributed by atoms with Gasteiger partial charge >= 0.3 is 0 Å². The monoisotopic (exact) mass is 422 g/mol. The first-order valence-corrected chi connectivity index (χ1v) is 10.2. The highest BCUT2D eigenvalue weighted by molar-refractivity contribution is 6.29. The molecule has 1 aliphatic heterocycles. The van der Waals surface area contributed by atoms with E-state index >= 15 is 0 Å². The Morgan fingerprint density at radius 1 is 1.34 bits per heavy atom. The molecule has 0 bridgehead atoms. The number of likely N-dealkylation sites (tertiary alicyclic amines) is 1. The number of rotatable bonds is 7. The van der Waals surface area contributed by atoms with Gasteiger partial charge in [-0.3, -0.25) is 9.88 Å². The van der Waals surface area contributed by atoms with Crippen LogP contribution in [-0.2, 0) is 6.54 Å². The fourth-order valence-electron chi connectivity index (χ4n) is 3.56. The van der Waals surface area contributed by atoms with Crippen molar-refractivity contribution in [3.05, 3.63) is 41.1 Å². The van der Waals surface area contributed by atoms with E-state index in [2.05, 4.69) is 20.2 Å². The highest BCUT2D eigenvalue weighted by atomic mass is 35.5. The zero-order valence-electron chi connectivity index (χ0n) is 17.0. The molecule has 3 heterocycles. The fourth-order valence-corrected chi connectivity index (χ4v) is 3.72. The maximum atomic E-state index is 14.9. The highest BCUT2D eigenvalue weighted by Gasteiger charge is 2.37. The van der Waals surface area contributed by atoms with Gasteiger partial charge in [0.15, 0.2) is 0 Å². The summed E-state index contributed by atoms with van der Waals surface area (Å²) < 4.78 is 14.9. The maximum absolute atomic E-state index is 14.9. The molecule has 1 fully saturated rings. The first kappa shape index (κ1) is 21.9. The van der Waals surface area contributed by atoms with Crippen molar-refractivity contribution in [3.63, 3.8) is 0 Å². The molecule has 2 aromatic heterocycles. The van der Waals surface area contributed by atoms with Crippen LogP contribution in [0.15, 0.2) is 24.5 Å². The van der Waals surface area contributed by atoms with Gasteiger partial charge in [-0.15, -0.1) is 0 Å². The Kier molecular flexibility index (Phi) is 6.73. The van der Waals surface area contributed by atoms with Gasteiger partial charge in [0.05, 0.1) is 12.2 Å². The topological polar surface area (TPSA) is 81.5 Å². The van der Waals surface area contributed by atoms with Crippen molar-refractivity contribution in [2.75, 3.05) is 25.0 Å². The average molecular weight is 423 g/mol. The molecule has 158 valence electrons. The second-order valence-electron chi connectivity index (χ2n) is 8.47. The van der Waals surface area contributed by atoms with E-state index in [1.54, 1.807) is 19.2 Å². The minimum atomic E-state index is -0.441. The third kappa shape index (κ3) is 5.42. The smallest absolute Gasteiger partial charge is 0.149 e. The number of hydrogen-bond donors (Lipinski definition) is 3. The third-order valence-electron chi connectivity index (χ3n) is 5.27. The van der Waals surface area contributed by atoms with E-state index in [4.69, 9.17) is 11.6 Å². The van der Waals surface area contributed by atoms with Crippen molar-refractivity contribution in [1.29, 1.82) is 0 Å². The van der Waals surface area contributed by atoms with Crippen molar-refractivity contribution < 1.29 is 14.6 Å². The van der Waals surface area contributed by atoms with Crippen molar-refractivity contribution in [3.8, 4) is 11.3 Å². The fraction of sp³-hybridized carbons (Fsp3) is 0.524. The van der Waals surface area contributed by atoms with E-state index in [9.17, 15) is 14.6 Å². The maximum Gasteiger partial charge on any atom is 0.149 e. The summed E-state index contributed by atoms with van der Waals surface area (Å²) in [5, 5.41) is 23.0. The van der Waals surface area contributed by atoms with Gasteiger partial charge < -0.3 is 15.5 Å². The van der Waals surface area contributed by atoms with Crippen LogP contribution in [0.25, 0.3) is 11.3 Å². The lowest BCUT2D eigenvalue weighted by Gasteiger charge is -2.21. The van der Waals surface area contributed by atoms with E-state index in [-0.39, 0.29) is 11.1 Å². The minimum Gasteiger partial charge on any atom is -0.393 e. The van der Waals surface area contributed by atoms with Crippen LogP contribution in [0.1, 0.15) is 32.8 Å². The number of hydrogen-bond acceptors (Lipinski definition) is 6. The zero-order valence-corrected chi connectivity index (χ0v) is 17.7. The number of aliphatic hydroxyl groups is 2. The molecule has 1 saturated heterocycles. The lowest BCUT2D eigenvalue weighted by molar-refractivity contribution is 0.0954. The number of halogens is 2. The predicted octanol–water partition coefficient (Wildman–Crippen LogP) is 3.32. The third-order valence-corrected chi connectivity index (χ3v) is 5.48. The molecular weight excluding hydrogens is 395 g/mol. The summed E-state index contributed by atoms with van der Waals surface area (Å²) in [5.41, 5.74) is 1.91. The lowest BCUT2D eigenvalue weighted by atomic mass is 9.90. The van der Waals surface area contributed by atoms with E-state index in [1.165, 1.54) is 12.3 Å². The molecular formula is C21H28ClFN4O2. The van der Waals surface area contributed by atoms with Gasteiger partial charge in [0, 0.05) is 55.2 Å². The Morgan fingerprint density at radius 3 is 2.72 bits per heavy atom. The number of nitrogens with one attached hydrogen (secondary N) is 1. The number of pyridine rings is 2. The standard InChI is InChI=1S/C21H28ClFN4O2/c1-13(28)4-5-24-17-7-19(22)25-9-15(17)20-16(23)6-14(8-26-20)10-27-11-18(29)21(2,3)12-27/h6-9,13,18,28-29H,4-5,10-12H2,1-3H3,(H,24,25)/t13-,18?/m1/s1. The molecule has 0 saturated carbocycles. The Labute approximate surface area is 175 Å². The van der Waals surface area contributed by atoms with Crippen molar-refractivity contribution in [2.45, 2.75) is 45.9 Å². The van der Waals surface area contributed by atoms with Crippen LogP contribution in [0.3, 0.4) is 0 Å². The second kappa shape index (κ2) is 8.92. The largest absolute Gasteiger partial charge is 0.393 e. The summed E-state index contributed by atoms with van der Waals surface area (Å²) in [7, 11) is 0. The first-order chi connectivity index (χ1) is 13.7. The molecule has 3 rings (SSSR count). The molecule has 1 unspecified atom stereocenters. The number of nitrogens with zero attached hydrogens (tertiary/aromatic N) is 3. The highest BCUT2D eigenvalue weighted by Crippen LogP contribution is 2.32. The van der Waals surface area contributed by atoms with Gasteiger partial charge in [-0.05, 0) is 31.0 Å². The molecule has 0 spiro atoms. The summed E-state index contributed by atoms with van der Waals surface area (Å²) in [6.45, 7) is 8.12. The Balaban J connectivity index is 1.78. The number of aliphatic hydroxyl groups excluding tert-OH is 2. The summed E-state index contributed by atoms with van der Waals surface area (Å²) >= 11 is 6.00. The molecule has 1 aliphatic rings. The van der Waals surface area contributed by atoms with Crippen LogP contribution < -0.4 is 5.32 Å². The van der Waals surface area contributed by atoms with E-state index in [1.807, 2.05) is 13.8 Å². The molecule has 0 aliphatic carbocycles. The normalized spacial score (nSPS) is 20.0.